The van der Waals surface area contributed by atoms with E-state index in [1.54, 1.807) is 0 Å². The largest absolute Gasteiger partial charge is 0.472 e. The quantitative estimate of drug-likeness (QED) is 0.0222. The minimum absolute atomic E-state index is 0.105. The molecule has 0 bridgehead atoms. The van der Waals surface area contributed by atoms with Crippen molar-refractivity contribution in [2.24, 2.45) is 17.8 Å². The average molecular weight is 1370 g/mol. The van der Waals surface area contributed by atoms with Crippen LogP contribution in [-0.4, -0.2) is 96.7 Å². The van der Waals surface area contributed by atoms with E-state index in [2.05, 4.69) is 48.5 Å². The predicted molar refractivity (Wildman–Crippen MR) is 377 cm³/mol. The molecule has 0 spiro atoms. The molecule has 93 heavy (non-hydrogen) atoms. The molecule has 0 aliphatic carbocycles. The van der Waals surface area contributed by atoms with Gasteiger partial charge >= 0.3 is 39.5 Å². The van der Waals surface area contributed by atoms with E-state index in [0.717, 1.165) is 114 Å². The molecular formula is C74H144O17P2. The molecule has 0 rings (SSSR count). The number of esters is 4. The second kappa shape index (κ2) is 64.7. The van der Waals surface area contributed by atoms with Crippen LogP contribution >= 0.6 is 15.6 Å². The first-order valence-corrected chi connectivity index (χ1v) is 41.4. The van der Waals surface area contributed by atoms with Crippen molar-refractivity contribution in [1.82, 2.24) is 0 Å². The van der Waals surface area contributed by atoms with E-state index in [-0.39, 0.29) is 25.7 Å². The molecule has 0 heterocycles. The zero-order valence-corrected chi connectivity index (χ0v) is 62.5. The molecular weight excluding hydrogens is 1220 g/mol. The number of phosphoric acid groups is 2. The lowest BCUT2D eigenvalue weighted by atomic mass is 10.00. The van der Waals surface area contributed by atoms with Crippen LogP contribution in [0.15, 0.2) is 0 Å². The number of hydrogen-bond acceptors (Lipinski definition) is 15. The van der Waals surface area contributed by atoms with Gasteiger partial charge in [0.25, 0.3) is 0 Å². The highest BCUT2D eigenvalue weighted by Crippen LogP contribution is 2.45. The van der Waals surface area contributed by atoms with Crippen LogP contribution in [0.2, 0.25) is 0 Å². The van der Waals surface area contributed by atoms with Crippen LogP contribution in [0.1, 0.15) is 376 Å². The Morgan fingerprint density at radius 2 is 0.548 bits per heavy atom. The van der Waals surface area contributed by atoms with Gasteiger partial charge < -0.3 is 33.8 Å². The van der Waals surface area contributed by atoms with E-state index in [1.807, 2.05) is 0 Å². The summed E-state index contributed by atoms with van der Waals surface area (Å²) in [6.45, 7) is 11.8. The summed E-state index contributed by atoms with van der Waals surface area (Å²) in [5, 5.41) is 10.6. The van der Waals surface area contributed by atoms with Gasteiger partial charge in [-0.1, -0.05) is 325 Å². The van der Waals surface area contributed by atoms with Gasteiger partial charge in [-0.3, -0.25) is 37.3 Å². The zero-order chi connectivity index (χ0) is 68.7. The normalized spacial score (nSPS) is 14.4. The summed E-state index contributed by atoms with van der Waals surface area (Å²) in [6, 6.07) is 0. The Balaban J connectivity index is 5.26. The summed E-state index contributed by atoms with van der Waals surface area (Å²) in [6.07, 6.45) is 49.9. The first-order chi connectivity index (χ1) is 44.8. The summed E-state index contributed by atoms with van der Waals surface area (Å²) in [5.74, 6) is 0.139. The molecule has 6 atom stereocenters. The monoisotopic (exact) mass is 1370 g/mol. The molecule has 19 heteroatoms. The number of carbonyl (C=O) groups is 4. The third-order valence-corrected chi connectivity index (χ3v) is 19.4. The maximum Gasteiger partial charge on any atom is 0.472 e. The van der Waals surface area contributed by atoms with Gasteiger partial charge in [0, 0.05) is 25.7 Å². The topological polar surface area (TPSA) is 237 Å². The number of aliphatic hydroxyl groups is 1. The van der Waals surface area contributed by atoms with Crippen LogP contribution in [0.5, 0.6) is 0 Å². The first-order valence-electron chi connectivity index (χ1n) is 38.4. The molecule has 0 aromatic heterocycles. The molecule has 0 saturated heterocycles. The summed E-state index contributed by atoms with van der Waals surface area (Å²) >= 11 is 0. The molecule has 0 saturated carbocycles. The van der Waals surface area contributed by atoms with Crippen molar-refractivity contribution in [2.45, 2.75) is 394 Å². The smallest absolute Gasteiger partial charge is 0.462 e. The standard InChI is InChI=1S/C74H144O17P2/c1-8-10-11-12-13-14-15-16-17-18-22-28-33-41-48-55-71(76)84-61-69(90-73(78)57-50-43-34-29-23-20-19-21-26-31-38-45-52-65(3)4)63-88-92(80,81)86-59-68(75)60-87-93(82,83)89-64-70(62-85-72(77)56-49-42-37-36-40-47-54-67(7)9-2)91-74(79)58-51-44-35-30-25-24-27-32-39-46-53-66(5)6/h65-70,75H,8-64H2,1-7H3,(H,80,81)(H,82,83)/t67?,68-,69-,70-/m1/s1. The predicted octanol–water partition coefficient (Wildman–Crippen LogP) is 21.4. The number of rotatable bonds is 72. The van der Waals surface area contributed by atoms with Gasteiger partial charge in [-0.15, -0.1) is 0 Å². The van der Waals surface area contributed by atoms with Crippen molar-refractivity contribution >= 4 is 39.5 Å². The second-order valence-electron chi connectivity index (χ2n) is 27.9. The summed E-state index contributed by atoms with van der Waals surface area (Å²) < 4.78 is 68.5. The van der Waals surface area contributed by atoms with Crippen LogP contribution in [0, 0.1) is 17.8 Å². The van der Waals surface area contributed by atoms with Gasteiger partial charge in [0.1, 0.15) is 19.3 Å². The van der Waals surface area contributed by atoms with E-state index in [4.69, 9.17) is 37.0 Å². The Labute approximate surface area is 568 Å². The van der Waals surface area contributed by atoms with Crippen molar-refractivity contribution in [3.8, 4) is 0 Å². The van der Waals surface area contributed by atoms with Crippen LogP contribution in [-0.2, 0) is 65.4 Å². The van der Waals surface area contributed by atoms with Crippen molar-refractivity contribution in [2.75, 3.05) is 39.6 Å². The number of unbranched alkanes of at least 4 members (excludes halogenated alkanes) is 39. The third kappa shape index (κ3) is 67.0. The molecule has 3 unspecified atom stereocenters. The van der Waals surface area contributed by atoms with Crippen molar-refractivity contribution < 1.29 is 80.2 Å². The molecule has 552 valence electrons. The van der Waals surface area contributed by atoms with E-state index in [1.165, 1.54) is 180 Å². The molecule has 0 fully saturated rings. The first kappa shape index (κ1) is 91.1. The van der Waals surface area contributed by atoms with Gasteiger partial charge in [-0.2, -0.15) is 0 Å². The van der Waals surface area contributed by atoms with E-state index < -0.39 is 97.5 Å². The fourth-order valence-electron chi connectivity index (χ4n) is 11.2. The Kier molecular flexibility index (Phi) is 63.4. The maximum absolute atomic E-state index is 13.1. The number of hydrogen-bond donors (Lipinski definition) is 3. The highest BCUT2D eigenvalue weighted by molar-refractivity contribution is 7.47. The SMILES string of the molecule is CCCCCCCCCCCCCCCCCC(=O)OC[C@H](COP(=O)(O)OC[C@@H](O)COP(=O)(O)OC[C@@H](COC(=O)CCCCCCCCC(C)CC)OC(=O)CCCCCCCCCCCCC(C)C)OC(=O)CCCCCCCCCCCCCCC(C)C. The number of carbonyl (C=O) groups excluding carboxylic acids is 4. The van der Waals surface area contributed by atoms with Crippen molar-refractivity contribution in [3.05, 3.63) is 0 Å². The van der Waals surface area contributed by atoms with E-state index in [9.17, 15) is 43.2 Å². The zero-order valence-electron chi connectivity index (χ0n) is 60.7. The average Bonchev–Trinajstić information content (AvgIpc) is 3.06. The second-order valence-corrected chi connectivity index (χ2v) is 30.8. The van der Waals surface area contributed by atoms with Crippen LogP contribution in [0.4, 0.5) is 0 Å². The molecule has 0 aliphatic rings. The lowest BCUT2D eigenvalue weighted by molar-refractivity contribution is -0.161. The van der Waals surface area contributed by atoms with Crippen molar-refractivity contribution in [1.29, 1.82) is 0 Å². The van der Waals surface area contributed by atoms with E-state index in [0.29, 0.717) is 25.7 Å². The lowest BCUT2D eigenvalue weighted by Gasteiger charge is -2.21. The summed E-state index contributed by atoms with van der Waals surface area (Å²) in [4.78, 5) is 72.7. The highest BCUT2D eigenvalue weighted by atomic mass is 31.2. The summed E-state index contributed by atoms with van der Waals surface area (Å²) in [5.41, 5.74) is 0. The molecule has 0 amide bonds. The number of phosphoric ester groups is 2. The highest BCUT2D eigenvalue weighted by Gasteiger charge is 2.30. The number of aliphatic hydroxyl groups excluding tert-OH is 1. The molecule has 17 nitrogen and oxygen atoms in total. The van der Waals surface area contributed by atoms with Gasteiger partial charge in [0.2, 0.25) is 0 Å². The number of ether oxygens (including phenoxy) is 4. The van der Waals surface area contributed by atoms with Gasteiger partial charge in [-0.05, 0) is 43.4 Å². The fourth-order valence-corrected chi connectivity index (χ4v) is 12.8. The molecule has 0 radical (unpaired) electrons. The third-order valence-electron chi connectivity index (χ3n) is 17.5. The van der Waals surface area contributed by atoms with Crippen LogP contribution in [0.3, 0.4) is 0 Å². The Bertz CT molecular complexity index is 1820. The lowest BCUT2D eigenvalue weighted by Crippen LogP contribution is -2.30. The molecule has 0 aromatic carbocycles. The molecule has 0 aromatic rings. The van der Waals surface area contributed by atoms with Gasteiger partial charge in [0.05, 0.1) is 26.4 Å². The minimum atomic E-state index is -4.96. The molecule has 3 N–H and O–H groups in total. The Morgan fingerprint density at radius 3 is 0.817 bits per heavy atom. The van der Waals surface area contributed by atoms with E-state index >= 15 is 0 Å². The Hall–Kier alpha value is -1.94. The van der Waals surface area contributed by atoms with Gasteiger partial charge in [0.15, 0.2) is 12.2 Å². The summed E-state index contributed by atoms with van der Waals surface area (Å²) in [7, 11) is -9.91. The van der Waals surface area contributed by atoms with Crippen LogP contribution < -0.4 is 0 Å². The maximum atomic E-state index is 13.1. The molecule has 0 aliphatic heterocycles. The fraction of sp³-hybridized carbons (Fsp3) is 0.946. The van der Waals surface area contributed by atoms with Crippen molar-refractivity contribution in [3.63, 3.8) is 0 Å². The minimum Gasteiger partial charge on any atom is -0.462 e. The Morgan fingerprint density at radius 1 is 0.312 bits per heavy atom. The van der Waals surface area contributed by atoms with Crippen LogP contribution in [0.25, 0.3) is 0 Å². The van der Waals surface area contributed by atoms with Gasteiger partial charge in [-0.25, -0.2) is 9.13 Å².